The van der Waals surface area contributed by atoms with Crippen LogP contribution in [0.1, 0.15) is 51.2 Å². The van der Waals surface area contributed by atoms with Gasteiger partial charge in [-0.2, -0.15) is 0 Å². The molecule has 0 aliphatic carbocycles. The monoisotopic (exact) mass is 336 g/mol. The molecule has 0 saturated carbocycles. The molecule has 1 rings (SSSR count). The summed E-state index contributed by atoms with van der Waals surface area (Å²) in [5, 5.41) is 10.4. The molecular weight excluding hydrogens is 319 g/mol. The van der Waals surface area contributed by atoms with Gasteiger partial charge in [0.2, 0.25) is 0 Å². The van der Waals surface area contributed by atoms with Crippen molar-refractivity contribution in [1.82, 2.24) is 0 Å². The van der Waals surface area contributed by atoms with Gasteiger partial charge in [-0.1, -0.05) is 44.4 Å². The summed E-state index contributed by atoms with van der Waals surface area (Å²) in [6.07, 6.45) is 2.96. The number of aliphatic hydroxyl groups excluding tert-OH is 1. The lowest BCUT2D eigenvalue weighted by molar-refractivity contribution is 0.0929. The van der Waals surface area contributed by atoms with Crippen LogP contribution in [0.5, 0.6) is 0 Å². The molecule has 0 fully saturated rings. The fraction of sp³-hybridized carbons (Fsp3) is 0.571. The van der Waals surface area contributed by atoms with Gasteiger partial charge in [0, 0.05) is 10.0 Å². The van der Waals surface area contributed by atoms with Crippen molar-refractivity contribution in [3.8, 4) is 0 Å². The summed E-state index contributed by atoms with van der Waals surface area (Å²) >= 11 is 9.03. The van der Waals surface area contributed by atoms with Gasteiger partial charge in [-0.05, 0) is 40.8 Å². The Labute approximate surface area is 121 Å². The quantitative estimate of drug-likeness (QED) is 0.680. The third-order valence-electron chi connectivity index (χ3n) is 3.15. The first kappa shape index (κ1) is 15.9. The van der Waals surface area contributed by atoms with Crippen molar-refractivity contribution in [3.05, 3.63) is 33.0 Å². The number of hydrogen-bond acceptors (Lipinski definition) is 1. The summed E-state index contributed by atoms with van der Waals surface area (Å²) in [6.45, 7) is 4.14. The zero-order valence-corrected chi connectivity index (χ0v) is 13.1. The molecular formula is C14H19BrClFO. The van der Waals surface area contributed by atoms with Gasteiger partial charge in [0.1, 0.15) is 5.82 Å². The minimum atomic E-state index is -0.782. The summed E-state index contributed by atoms with van der Waals surface area (Å²) < 4.78 is 14.5. The second kappa shape index (κ2) is 7.46. The number of benzene rings is 1. The Morgan fingerprint density at radius 2 is 1.83 bits per heavy atom. The molecule has 1 unspecified atom stereocenters. The molecule has 1 N–H and O–H groups in total. The lowest BCUT2D eigenvalue weighted by Crippen LogP contribution is -2.14. The fourth-order valence-electron chi connectivity index (χ4n) is 2.22. The molecule has 0 bridgehead atoms. The second-order valence-corrected chi connectivity index (χ2v) is 5.78. The van der Waals surface area contributed by atoms with E-state index in [1.807, 2.05) is 0 Å². The third kappa shape index (κ3) is 3.69. The minimum Gasteiger partial charge on any atom is -0.388 e. The van der Waals surface area contributed by atoms with Crippen molar-refractivity contribution < 1.29 is 9.50 Å². The standard InChI is InChI=1S/C14H19BrClFO/c1-3-5-9(6-4-2)14(18)10-7-8-11(15)12(16)13(10)17/h7-9,14,18H,3-6H2,1-2H3. The molecule has 0 heterocycles. The van der Waals surface area contributed by atoms with E-state index in [1.54, 1.807) is 12.1 Å². The Morgan fingerprint density at radius 1 is 1.28 bits per heavy atom. The van der Waals surface area contributed by atoms with Crippen molar-refractivity contribution >= 4 is 27.5 Å². The average Bonchev–Trinajstić information content (AvgIpc) is 2.35. The highest BCUT2D eigenvalue weighted by atomic mass is 79.9. The molecule has 0 aliphatic rings. The zero-order valence-electron chi connectivity index (χ0n) is 10.7. The van der Waals surface area contributed by atoms with E-state index in [4.69, 9.17) is 11.6 Å². The maximum absolute atomic E-state index is 14.0. The fourth-order valence-corrected chi connectivity index (χ4v) is 2.70. The first-order valence-corrected chi connectivity index (χ1v) is 7.51. The Kier molecular flexibility index (Phi) is 6.61. The Balaban J connectivity index is 3.00. The molecule has 0 radical (unpaired) electrons. The highest BCUT2D eigenvalue weighted by Crippen LogP contribution is 2.35. The summed E-state index contributed by atoms with van der Waals surface area (Å²) in [5.41, 5.74) is 0.301. The molecule has 4 heteroatoms. The highest BCUT2D eigenvalue weighted by Gasteiger charge is 2.24. The smallest absolute Gasteiger partial charge is 0.148 e. The number of rotatable bonds is 6. The Hall–Kier alpha value is -0.120. The van der Waals surface area contributed by atoms with E-state index in [0.717, 1.165) is 25.7 Å². The van der Waals surface area contributed by atoms with E-state index in [9.17, 15) is 9.50 Å². The van der Waals surface area contributed by atoms with Crippen LogP contribution < -0.4 is 0 Å². The third-order valence-corrected chi connectivity index (χ3v) is 4.41. The van der Waals surface area contributed by atoms with Crippen LogP contribution in [-0.2, 0) is 0 Å². The van der Waals surface area contributed by atoms with Crippen molar-refractivity contribution in [2.75, 3.05) is 0 Å². The van der Waals surface area contributed by atoms with E-state index >= 15 is 0 Å². The molecule has 102 valence electrons. The molecule has 0 spiro atoms. The summed E-state index contributed by atoms with van der Waals surface area (Å²) in [5.74, 6) is -0.428. The predicted molar refractivity (Wildman–Crippen MR) is 77.4 cm³/mol. The summed E-state index contributed by atoms with van der Waals surface area (Å²) in [6, 6.07) is 3.28. The van der Waals surface area contributed by atoms with E-state index in [1.165, 1.54) is 0 Å². The minimum absolute atomic E-state index is 0.0401. The molecule has 1 atom stereocenters. The van der Waals surface area contributed by atoms with Crippen LogP contribution >= 0.6 is 27.5 Å². The van der Waals surface area contributed by atoms with Crippen molar-refractivity contribution in [1.29, 1.82) is 0 Å². The predicted octanol–water partition coefficient (Wildman–Crippen LogP) is 5.49. The topological polar surface area (TPSA) is 20.2 Å². The van der Waals surface area contributed by atoms with Crippen LogP contribution in [-0.4, -0.2) is 5.11 Å². The van der Waals surface area contributed by atoms with E-state index in [-0.39, 0.29) is 10.9 Å². The SMILES string of the molecule is CCCC(CCC)C(O)c1ccc(Br)c(Cl)c1F. The summed E-state index contributed by atoms with van der Waals surface area (Å²) in [4.78, 5) is 0. The lowest BCUT2D eigenvalue weighted by atomic mass is 9.88. The second-order valence-electron chi connectivity index (χ2n) is 4.55. The Bertz CT molecular complexity index is 392. The van der Waals surface area contributed by atoms with E-state index in [2.05, 4.69) is 29.8 Å². The van der Waals surface area contributed by atoms with Gasteiger partial charge in [0.15, 0.2) is 0 Å². The molecule has 1 aromatic rings. The molecule has 1 nitrogen and oxygen atoms in total. The van der Waals surface area contributed by atoms with E-state index in [0.29, 0.717) is 10.0 Å². The van der Waals surface area contributed by atoms with Gasteiger partial charge in [0.05, 0.1) is 11.1 Å². The molecule has 0 aromatic heterocycles. The van der Waals surface area contributed by atoms with Crippen LogP contribution in [0, 0.1) is 11.7 Å². The van der Waals surface area contributed by atoms with Gasteiger partial charge in [0.25, 0.3) is 0 Å². The number of hydrogen-bond donors (Lipinski definition) is 1. The normalized spacial score (nSPS) is 13.1. The van der Waals surface area contributed by atoms with E-state index < -0.39 is 11.9 Å². The average molecular weight is 338 g/mol. The lowest BCUT2D eigenvalue weighted by Gasteiger charge is -2.23. The number of aliphatic hydroxyl groups is 1. The Morgan fingerprint density at radius 3 is 2.33 bits per heavy atom. The van der Waals surface area contributed by atoms with Crippen LogP contribution in [0.25, 0.3) is 0 Å². The van der Waals surface area contributed by atoms with Gasteiger partial charge < -0.3 is 5.11 Å². The molecule has 0 amide bonds. The zero-order chi connectivity index (χ0) is 13.7. The van der Waals surface area contributed by atoms with Crippen LogP contribution in [0.3, 0.4) is 0 Å². The summed E-state index contributed by atoms with van der Waals surface area (Å²) in [7, 11) is 0. The van der Waals surface area contributed by atoms with Crippen LogP contribution in [0.4, 0.5) is 4.39 Å². The first-order chi connectivity index (χ1) is 8.52. The maximum atomic E-state index is 14.0. The van der Waals surface area contributed by atoms with Crippen molar-refractivity contribution in [2.24, 2.45) is 5.92 Å². The number of halogens is 3. The molecule has 0 aliphatic heterocycles. The van der Waals surface area contributed by atoms with Crippen LogP contribution in [0.2, 0.25) is 5.02 Å². The van der Waals surface area contributed by atoms with Crippen molar-refractivity contribution in [3.63, 3.8) is 0 Å². The molecule has 18 heavy (non-hydrogen) atoms. The van der Waals surface area contributed by atoms with Gasteiger partial charge in [-0.15, -0.1) is 0 Å². The largest absolute Gasteiger partial charge is 0.388 e. The van der Waals surface area contributed by atoms with Gasteiger partial charge in [-0.25, -0.2) is 4.39 Å². The van der Waals surface area contributed by atoms with Gasteiger partial charge in [-0.3, -0.25) is 0 Å². The molecule has 1 aromatic carbocycles. The van der Waals surface area contributed by atoms with Gasteiger partial charge >= 0.3 is 0 Å². The van der Waals surface area contributed by atoms with Crippen LogP contribution in [0.15, 0.2) is 16.6 Å². The van der Waals surface area contributed by atoms with Crippen molar-refractivity contribution in [2.45, 2.75) is 45.6 Å². The maximum Gasteiger partial charge on any atom is 0.148 e. The highest BCUT2D eigenvalue weighted by molar-refractivity contribution is 9.10. The molecule has 0 saturated heterocycles. The first-order valence-electron chi connectivity index (χ1n) is 6.34.